The van der Waals surface area contributed by atoms with Crippen LogP contribution in [-0.2, 0) is 4.79 Å². The monoisotopic (exact) mass is 399 g/mol. The first-order valence-corrected chi connectivity index (χ1v) is 9.35. The summed E-state index contributed by atoms with van der Waals surface area (Å²) in [6.07, 6.45) is 0. The van der Waals surface area contributed by atoms with Gasteiger partial charge in [-0.15, -0.1) is 0 Å². The molecule has 0 aromatic heterocycles. The molecule has 2 N–H and O–H groups in total. The van der Waals surface area contributed by atoms with Crippen molar-refractivity contribution in [2.45, 2.75) is 13.0 Å². The van der Waals surface area contributed by atoms with Gasteiger partial charge in [0.2, 0.25) is 5.91 Å². The third kappa shape index (κ3) is 6.22. The molecular weight excluding hydrogens is 370 g/mol. The van der Waals surface area contributed by atoms with Gasteiger partial charge in [0.15, 0.2) is 11.5 Å². The number of hydrogen-bond donors (Lipinski definition) is 2. The number of hydrogen-bond acceptors (Lipinski definition) is 5. The molecule has 156 valence electrons. The van der Waals surface area contributed by atoms with E-state index < -0.39 is 0 Å². The van der Waals surface area contributed by atoms with Crippen molar-refractivity contribution < 1.29 is 19.1 Å². The first kappa shape index (κ1) is 22.2. The number of nitrogens with zero attached hydrogens (tertiary/aromatic N) is 1. The molecule has 2 rings (SSSR count). The van der Waals surface area contributed by atoms with Gasteiger partial charge in [-0.05, 0) is 44.8 Å². The van der Waals surface area contributed by atoms with Crippen molar-refractivity contribution in [3.05, 3.63) is 59.2 Å². The molecule has 0 heterocycles. The topological polar surface area (TPSA) is 79.9 Å². The van der Waals surface area contributed by atoms with E-state index in [9.17, 15) is 9.59 Å². The quantitative estimate of drug-likeness (QED) is 0.676. The van der Waals surface area contributed by atoms with Crippen LogP contribution in [0.5, 0.6) is 11.5 Å². The number of amides is 2. The molecule has 0 spiro atoms. The molecule has 7 nitrogen and oxygen atoms in total. The first-order valence-electron chi connectivity index (χ1n) is 9.35. The van der Waals surface area contributed by atoms with Crippen LogP contribution in [-0.4, -0.2) is 58.1 Å². The zero-order valence-electron chi connectivity index (χ0n) is 17.6. The first-order chi connectivity index (χ1) is 13.8. The van der Waals surface area contributed by atoms with Crippen LogP contribution >= 0.6 is 0 Å². The molecule has 2 aromatic rings. The second kappa shape index (κ2) is 10.5. The Morgan fingerprint density at radius 2 is 1.62 bits per heavy atom. The zero-order chi connectivity index (χ0) is 21.4. The van der Waals surface area contributed by atoms with Crippen LogP contribution in [0.2, 0.25) is 0 Å². The maximum Gasteiger partial charge on any atom is 0.251 e. The van der Waals surface area contributed by atoms with E-state index in [1.807, 2.05) is 25.9 Å². The summed E-state index contributed by atoms with van der Waals surface area (Å²) in [6.45, 7) is 2.37. The Morgan fingerprint density at radius 3 is 2.21 bits per heavy atom. The number of carbonyl (C=O) groups is 2. The number of likely N-dealkylation sites (N-methyl/N-ethyl adjacent to an activating group) is 1. The maximum absolute atomic E-state index is 12.3. The predicted molar refractivity (Wildman–Crippen MR) is 112 cm³/mol. The summed E-state index contributed by atoms with van der Waals surface area (Å²) >= 11 is 0. The molecule has 0 aliphatic rings. The third-order valence-electron chi connectivity index (χ3n) is 4.63. The van der Waals surface area contributed by atoms with Gasteiger partial charge in [-0.3, -0.25) is 9.59 Å². The summed E-state index contributed by atoms with van der Waals surface area (Å²) in [5, 5.41) is 5.51. The van der Waals surface area contributed by atoms with E-state index in [0.29, 0.717) is 23.6 Å². The Hall–Kier alpha value is -3.06. The third-order valence-corrected chi connectivity index (χ3v) is 4.63. The largest absolute Gasteiger partial charge is 0.493 e. The van der Waals surface area contributed by atoms with Gasteiger partial charge in [0.1, 0.15) is 0 Å². The van der Waals surface area contributed by atoms with E-state index in [4.69, 9.17) is 9.47 Å². The number of rotatable bonds is 9. The van der Waals surface area contributed by atoms with Crippen LogP contribution in [0.15, 0.2) is 42.5 Å². The Bertz CT molecular complexity index is 834. The number of aryl methyl sites for hydroxylation is 1. The fourth-order valence-electron chi connectivity index (χ4n) is 2.90. The van der Waals surface area contributed by atoms with Crippen LogP contribution in [0, 0.1) is 6.92 Å². The summed E-state index contributed by atoms with van der Waals surface area (Å²) in [6, 6.07) is 13.1. The van der Waals surface area contributed by atoms with Crippen LogP contribution in [0.4, 0.5) is 0 Å². The van der Waals surface area contributed by atoms with Crippen molar-refractivity contribution in [3.8, 4) is 11.5 Å². The highest BCUT2D eigenvalue weighted by atomic mass is 16.5. The molecule has 7 heteroatoms. The van der Waals surface area contributed by atoms with Gasteiger partial charge in [0.05, 0.1) is 26.8 Å². The van der Waals surface area contributed by atoms with Crippen LogP contribution in [0.25, 0.3) is 0 Å². The molecule has 0 bridgehead atoms. The number of carbonyl (C=O) groups excluding carboxylic acids is 2. The molecule has 0 aliphatic heterocycles. The van der Waals surface area contributed by atoms with Gasteiger partial charge >= 0.3 is 0 Å². The number of ether oxygens (including phenoxy) is 2. The van der Waals surface area contributed by atoms with E-state index >= 15 is 0 Å². The molecule has 29 heavy (non-hydrogen) atoms. The average molecular weight is 399 g/mol. The maximum atomic E-state index is 12.3. The Kier molecular flexibility index (Phi) is 8.03. The normalized spacial score (nSPS) is 11.7. The SMILES string of the molecule is COc1ccc(C(=O)NCC(=O)NCC(c2ccc(C)cc2)N(C)C)cc1OC. The Labute approximate surface area is 172 Å². The van der Waals surface area contributed by atoms with Gasteiger partial charge in [0, 0.05) is 12.1 Å². The molecule has 0 saturated carbocycles. The lowest BCUT2D eigenvalue weighted by Crippen LogP contribution is -2.40. The van der Waals surface area contributed by atoms with Crippen LogP contribution in [0.3, 0.4) is 0 Å². The van der Waals surface area contributed by atoms with Gasteiger partial charge in [-0.1, -0.05) is 29.8 Å². The van der Waals surface area contributed by atoms with Crippen molar-refractivity contribution in [3.63, 3.8) is 0 Å². The van der Waals surface area contributed by atoms with Crippen molar-refractivity contribution in [2.75, 3.05) is 41.4 Å². The lowest BCUT2D eigenvalue weighted by molar-refractivity contribution is -0.120. The van der Waals surface area contributed by atoms with Gasteiger partial charge in [-0.25, -0.2) is 0 Å². The minimum atomic E-state index is -0.358. The number of benzene rings is 2. The molecule has 2 amide bonds. The summed E-state index contributed by atoms with van der Waals surface area (Å²) < 4.78 is 10.4. The Morgan fingerprint density at radius 1 is 0.966 bits per heavy atom. The molecule has 2 aromatic carbocycles. The summed E-state index contributed by atoms with van der Waals surface area (Å²) in [7, 11) is 6.97. The van der Waals surface area contributed by atoms with Gasteiger partial charge in [0.25, 0.3) is 5.91 Å². The van der Waals surface area contributed by atoms with Crippen LogP contribution < -0.4 is 20.1 Å². The lowest BCUT2D eigenvalue weighted by Gasteiger charge is -2.25. The highest BCUT2D eigenvalue weighted by molar-refractivity contribution is 5.97. The standard InChI is InChI=1S/C22H29N3O4/c1-15-6-8-16(9-7-15)18(25(2)3)13-23-21(26)14-24-22(27)17-10-11-19(28-4)20(12-17)29-5/h6-12,18H,13-14H2,1-5H3,(H,23,26)(H,24,27). The Balaban J connectivity index is 1.90. The van der Waals surface area contributed by atoms with E-state index in [0.717, 1.165) is 5.56 Å². The number of methoxy groups -OCH3 is 2. The molecule has 1 atom stereocenters. The molecule has 0 radical (unpaired) electrons. The van der Waals surface area contributed by atoms with E-state index in [1.54, 1.807) is 18.2 Å². The minimum absolute atomic E-state index is 0.0427. The zero-order valence-corrected chi connectivity index (χ0v) is 17.6. The van der Waals surface area contributed by atoms with E-state index in [-0.39, 0.29) is 24.4 Å². The van der Waals surface area contributed by atoms with E-state index in [2.05, 4.69) is 34.9 Å². The molecular formula is C22H29N3O4. The van der Waals surface area contributed by atoms with E-state index in [1.165, 1.54) is 19.8 Å². The highest BCUT2D eigenvalue weighted by Crippen LogP contribution is 2.27. The van der Waals surface area contributed by atoms with Crippen molar-refractivity contribution in [1.82, 2.24) is 15.5 Å². The fourth-order valence-corrected chi connectivity index (χ4v) is 2.90. The highest BCUT2D eigenvalue weighted by Gasteiger charge is 2.16. The van der Waals surface area contributed by atoms with Crippen molar-refractivity contribution in [2.24, 2.45) is 0 Å². The summed E-state index contributed by atoms with van der Waals surface area (Å²) in [5.41, 5.74) is 2.70. The number of nitrogens with one attached hydrogen (secondary N) is 2. The van der Waals surface area contributed by atoms with Gasteiger partial charge < -0.3 is 25.0 Å². The lowest BCUT2D eigenvalue weighted by atomic mass is 10.0. The molecule has 1 unspecified atom stereocenters. The fraction of sp³-hybridized carbons (Fsp3) is 0.364. The molecule has 0 fully saturated rings. The van der Waals surface area contributed by atoms with Crippen LogP contribution in [0.1, 0.15) is 27.5 Å². The second-order valence-electron chi connectivity index (χ2n) is 6.95. The van der Waals surface area contributed by atoms with Crippen molar-refractivity contribution >= 4 is 11.8 Å². The minimum Gasteiger partial charge on any atom is -0.493 e. The van der Waals surface area contributed by atoms with Gasteiger partial charge in [-0.2, -0.15) is 0 Å². The predicted octanol–water partition coefficient (Wildman–Crippen LogP) is 2.16. The summed E-state index contributed by atoms with van der Waals surface area (Å²) in [4.78, 5) is 26.6. The average Bonchev–Trinajstić information content (AvgIpc) is 2.72. The molecule has 0 saturated heterocycles. The smallest absolute Gasteiger partial charge is 0.251 e. The van der Waals surface area contributed by atoms with Crippen molar-refractivity contribution in [1.29, 1.82) is 0 Å². The summed E-state index contributed by atoms with van der Waals surface area (Å²) in [5.74, 6) is 0.380. The second-order valence-corrected chi connectivity index (χ2v) is 6.95. The molecule has 0 aliphatic carbocycles.